The van der Waals surface area contributed by atoms with Gasteiger partial charge in [-0.3, -0.25) is 4.98 Å². The van der Waals surface area contributed by atoms with E-state index in [-0.39, 0.29) is 0 Å². The third-order valence-corrected chi connectivity index (χ3v) is 5.74. The van der Waals surface area contributed by atoms with E-state index in [9.17, 15) is 13.2 Å². The first kappa shape index (κ1) is 18.9. The summed E-state index contributed by atoms with van der Waals surface area (Å²) in [6.45, 7) is 5.31. The van der Waals surface area contributed by atoms with Crippen molar-refractivity contribution in [3.05, 3.63) is 41.9 Å². The van der Waals surface area contributed by atoms with Crippen molar-refractivity contribution in [3.8, 4) is 0 Å². The van der Waals surface area contributed by atoms with E-state index in [1.165, 1.54) is 17.6 Å². The molecule has 0 radical (unpaired) electrons. The van der Waals surface area contributed by atoms with E-state index in [2.05, 4.69) is 24.1 Å². The number of halogens is 3. The summed E-state index contributed by atoms with van der Waals surface area (Å²) >= 11 is 1.42. The second kappa shape index (κ2) is 7.54. The number of aryl methyl sites for hydroxylation is 1. The standard InChI is InChI=1S/C19H20F3N5S/c1-2-17-24-18(28-25-17)27-9-3-8-26(10-11-27)16-6-7-23-15-12-13(19(20,21)22)4-5-14(15)16/h4-7,12H,2-3,8-11H2,1H3. The average Bonchev–Trinajstić information content (AvgIpc) is 3.03. The monoisotopic (exact) mass is 407 g/mol. The van der Waals surface area contributed by atoms with Gasteiger partial charge in [0, 0.05) is 61.4 Å². The van der Waals surface area contributed by atoms with Gasteiger partial charge < -0.3 is 9.80 Å². The number of fused-ring (bicyclic) bond motifs is 1. The van der Waals surface area contributed by atoms with Gasteiger partial charge in [-0.2, -0.15) is 17.5 Å². The van der Waals surface area contributed by atoms with Gasteiger partial charge in [-0.05, 0) is 24.6 Å². The molecule has 0 atom stereocenters. The van der Waals surface area contributed by atoms with Crippen molar-refractivity contribution in [1.29, 1.82) is 0 Å². The molecule has 5 nitrogen and oxygen atoms in total. The molecule has 0 saturated carbocycles. The van der Waals surface area contributed by atoms with Crippen LogP contribution < -0.4 is 9.80 Å². The number of hydrogen-bond acceptors (Lipinski definition) is 6. The van der Waals surface area contributed by atoms with Gasteiger partial charge in [0.25, 0.3) is 0 Å². The van der Waals surface area contributed by atoms with E-state index in [1.807, 2.05) is 13.0 Å². The van der Waals surface area contributed by atoms with Gasteiger partial charge in [0.2, 0.25) is 5.13 Å². The molecule has 28 heavy (non-hydrogen) atoms. The van der Waals surface area contributed by atoms with Crippen LogP contribution in [-0.4, -0.2) is 40.5 Å². The fraction of sp³-hybridized carbons (Fsp3) is 0.421. The van der Waals surface area contributed by atoms with Crippen LogP contribution in [0.1, 0.15) is 24.7 Å². The number of hydrogen-bond donors (Lipinski definition) is 0. The molecule has 9 heteroatoms. The minimum absolute atomic E-state index is 0.366. The van der Waals surface area contributed by atoms with Crippen LogP contribution in [0.4, 0.5) is 24.0 Å². The van der Waals surface area contributed by atoms with Crippen LogP contribution in [0.15, 0.2) is 30.5 Å². The molecule has 0 unspecified atom stereocenters. The Kier molecular flexibility index (Phi) is 5.09. The normalized spacial score (nSPS) is 15.9. The lowest BCUT2D eigenvalue weighted by Crippen LogP contribution is -2.30. The molecule has 0 bridgehead atoms. The Bertz CT molecular complexity index is 972. The largest absolute Gasteiger partial charge is 0.416 e. The smallest absolute Gasteiger partial charge is 0.369 e. The van der Waals surface area contributed by atoms with Gasteiger partial charge >= 0.3 is 6.18 Å². The Hall–Kier alpha value is -2.42. The van der Waals surface area contributed by atoms with Crippen LogP contribution in [0.5, 0.6) is 0 Å². The molecule has 0 spiro atoms. The molecule has 148 valence electrons. The Labute approximate surface area is 165 Å². The first-order valence-corrected chi connectivity index (χ1v) is 10.0. The molecule has 0 amide bonds. The van der Waals surface area contributed by atoms with Crippen LogP contribution >= 0.6 is 11.5 Å². The summed E-state index contributed by atoms with van der Waals surface area (Å²) in [4.78, 5) is 13.2. The Morgan fingerprint density at radius 2 is 1.86 bits per heavy atom. The number of benzene rings is 1. The molecule has 1 aromatic carbocycles. The quantitative estimate of drug-likeness (QED) is 0.645. The van der Waals surface area contributed by atoms with Crippen molar-refractivity contribution in [3.63, 3.8) is 0 Å². The molecule has 1 aliphatic heterocycles. The van der Waals surface area contributed by atoms with Gasteiger partial charge in [0.05, 0.1) is 11.1 Å². The zero-order chi connectivity index (χ0) is 19.7. The molecule has 0 N–H and O–H groups in total. The van der Waals surface area contributed by atoms with E-state index in [4.69, 9.17) is 0 Å². The Morgan fingerprint density at radius 1 is 1.07 bits per heavy atom. The second-order valence-corrected chi connectivity index (χ2v) is 7.46. The van der Waals surface area contributed by atoms with E-state index >= 15 is 0 Å². The highest BCUT2D eigenvalue weighted by Crippen LogP contribution is 2.34. The molecule has 1 aliphatic rings. The summed E-state index contributed by atoms with van der Waals surface area (Å²) in [6, 6.07) is 5.66. The molecule has 3 heterocycles. The zero-order valence-corrected chi connectivity index (χ0v) is 16.2. The van der Waals surface area contributed by atoms with Crippen LogP contribution in [0.2, 0.25) is 0 Å². The van der Waals surface area contributed by atoms with Crippen molar-refractivity contribution in [1.82, 2.24) is 14.3 Å². The minimum Gasteiger partial charge on any atom is -0.369 e. The summed E-state index contributed by atoms with van der Waals surface area (Å²) < 4.78 is 43.4. The third-order valence-electron chi connectivity index (χ3n) is 4.93. The molecular weight excluding hydrogens is 387 g/mol. The summed E-state index contributed by atoms with van der Waals surface area (Å²) in [5, 5.41) is 1.68. The number of nitrogens with zero attached hydrogens (tertiary/aromatic N) is 5. The Balaban J connectivity index is 1.58. The van der Waals surface area contributed by atoms with Gasteiger partial charge in [-0.1, -0.05) is 13.0 Å². The Morgan fingerprint density at radius 3 is 2.61 bits per heavy atom. The molecule has 4 rings (SSSR count). The number of anilines is 2. The fourth-order valence-electron chi connectivity index (χ4n) is 3.45. The number of alkyl halides is 3. The van der Waals surface area contributed by atoms with Crippen molar-refractivity contribution < 1.29 is 13.2 Å². The fourth-order valence-corrected chi connectivity index (χ4v) is 4.25. The summed E-state index contributed by atoms with van der Waals surface area (Å²) in [6.07, 6.45) is -1.03. The van der Waals surface area contributed by atoms with E-state index < -0.39 is 11.7 Å². The first-order chi connectivity index (χ1) is 13.5. The van der Waals surface area contributed by atoms with Crippen molar-refractivity contribution in [2.45, 2.75) is 25.9 Å². The molecule has 3 aromatic rings. The molecular formula is C19H20F3N5S. The van der Waals surface area contributed by atoms with Crippen LogP contribution in [0, 0.1) is 0 Å². The van der Waals surface area contributed by atoms with Crippen LogP contribution in [0.3, 0.4) is 0 Å². The first-order valence-electron chi connectivity index (χ1n) is 9.24. The van der Waals surface area contributed by atoms with Gasteiger partial charge in [-0.25, -0.2) is 4.98 Å². The average molecular weight is 407 g/mol. The maximum absolute atomic E-state index is 13.0. The van der Waals surface area contributed by atoms with E-state index in [0.29, 0.717) is 5.52 Å². The van der Waals surface area contributed by atoms with Crippen LogP contribution in [0.25, 0.3) is 10.9 Å². The predicted molar refractivity (Wildman–Crippen MR) is 105 cm³/mol. The number of pyridine rings is 1. The molecule has 0 aliphatic carbocycles. The number of rotatable bonds is 3. The minimum atomic E-state index is -4.37. The van der Waals surface area contributed by atoms with Crippen molar-refractivity contribution in [2.75, 3.05) is 36.0 Å². The summed E-state index contributed by atoms with van der Waals surface area (Å²) in [7, 11) is 0. The van der Waals surface area contributed by atoms with E-state index in [1.54, 1.807) is 6.20 Å². The SMILES string of the molecule is CCc1nsc(N2CCCN(c3ccnc4cc(C(F)(F)F)ccc34)CC2)n1. The summed E-state index contributed by atoms with van der Waals surface area (Å²) in [5.41, 5.74) is 0.618. The highest BCUT2D eigenvalue weighted by Gasteiger charge is 2.31. The van der Waals surface area contributed by atoms with Crippen molar-refractivity contribution in [2.24, 2.45) is 0 Å². The summed E-state index contributed by atoms with van der Waals surface area (Å²) in [5.74, 6) is 0.863. The zero-order valence-electron chi connectivity index (χ0n) is 15.4. The lowest BCUT2D eigenvalue weighted by atomic mass is 10.1. The highest BCUT2D eigenvalue weighted by atomic mass is 32.1. The van der Waals surface area contributed by atoms with Gasteiger partial charge in [0.15, 0.2) is 0 Å². The molecule has 1 fully saturated rings. The van der Waals surface area contributed by atoms with E-state index in [0.717, 1.165) is 73.2 Å². The van der Waals surface area contributed by atoms with Gasteiger partial charge in [-0.15, -0.1) is 0 Å². The lowest BCUT2D eigenvalue weighted by Gasteiger charge is -2.24. The lowest BCUT2D eigenvalue weighted by molar-refractivity contribution is -0.137. The second-order valence-electron chi connectivity index (χ2n) is 6.73. The highest BCUT2D eigenvalue weighted by molar-refractivity contribution is 7.09. The van der Waals surface area contributed by atoms with Gasteiger partial charge in [0.1, 0.15) is 5.82 Å². The predicted octanol–water partition coefficient (Wildman–Crippen LogP) is 4.38. The maximum atomic E-state index is 13.0. The molecule has 1 saturated heterocycles. The topological polar surface area (TPSA) is 45.2 Å². The molecule has 2 aromatic heterocycles. The third kappa shape index (κ3) is 3.76. The number of aromatic nitrogens is 3. The van der Waals surface area contributed by atoms with Crippen molar-refractivity contribution >= 4 is 33.3 Å². The van der Waals surface area contributed by atoms with Crippen LogP contribution in [-0.2, 0) is 12.6 Å². The maximum Gasteiger partial charge on any atom is 0.416 e.